The fourth-order valence-corrected chi connectivity index (χ4v) is 4.45. The van der Waals surface area contributed by atoms with E-state index in [1.54, 1.807) is 17.0 Å². The van der Waals surface area contributed by atoms with Crippen LogP contribution >= 0.6 is 0 Å². The summed E-state index contributed by atoms with van der Waals surface area (Å²) < 4.78 is 4.75. The van der Waals surface area contributed by atoms with E-state index in [0.717, 1.165) is 44.0 Å². The summed E-state index contributed by atoms with van der Waals surface area (Å²) in [7, 11) is 1.37. The van der Waals surface area contributed by atoms with Crippen LogP contribution in [0.5, 0.6) is 0 Å². The van der Waals surface area contributed by atoms with Crippen molar-refractivity contribution in [3.63, 3.8) is 0 Å². The lowest BCUT2D eigenvalue weighted by molar-refractivity contribution is -0.118. The summed E-state index contributed by atoms with van der Waals surface area (Å²) >= 11 is 0. The first kappa shape index (κ1) is 22.8. The third-order valence-corrected chi connectivity index (χ3v) is 6.28. The fourth-order valence-electron chi connectivity index (χ4n) is 4.45. The van der Waals surface area contributed by atoms with Crippen LogP contribution in [0.1, 0.15) is 30.1 Å². The second-order valence-electron chi connectivity index (χ2n) is 8.55. The number of carbonyl (C=O) groups is 3. The van der Waals surface area contributed by atoms with E-state index in [4.69, 9.17) is 4.74 Å². The van der Waals surface area contributed by atoms with E-state index in [-0.39, 0.29) is 23.8 Å². The molecule has 0 spiro atoms. The van der Waals surface area contributed by atoms with Gasteiger partial charge in [-0.15, -0.1) is 0 Å². The van der Waals surface area contributed by atoms with Gasteiger partial charge in [-0.2, -0.15) is 0 Å². The monoisotopic (exact) mass is 450 g/mol. The van der Waals surface area contributed by atoms with Gasteiger partial charge in [0.25, 0.3) is 0 Å². The standard InChI is InChI=1S/C25H30N4O4/c1-18-16-28(21-10-8-19(9-11-21)25(32)33-2)14-13-27(18)17-23(30)26-20-5-3-6-22(15-20)29-12-4-7-24(29)31/h3,5-6,8-11,15,18H,4,7,12-14,16-17H2,1-2H3,(H,26,30). The molecule has 8 nitrogen and oxygen atoms in total. The average Bonchev–Trinajstić information content (AvgIpc) is 3.26. The number of esters is 1. The van der Waals surface area contributed by atoms with Crippen molar-refractivity contribution in [1.82, 2.24) is 4.90 Å². The lowest BCUT2D eigenvalue weighted by Gasteiger charge is -2.40. The molecule has 1 atom stereocenters. The van der Waals surface area contributed by atoms with Crippen LogP contribution in [0.3, 0.4) is 0 Å². The van der Waals surface area contributed by atoms with Crippen LogP contribution in [0.15, 0.2) is 48.5 Å². The van der Waals surface area contributed by atoms with Crippen molar-refractivity contribution in [3.05, 3.63) is 54.1 Å². The van der Waals surface area contributed by atoms with Gasteiger partial charge in [0.2, 0.25) is 11.8 Å². The van der Waals surface area contributed by atoms with E-state index in [1.807, 2.05) is 36.4 Å². The number of piperazine rings is 1. The first-order valence-electron chi connectivity index (χ1n) is 11.3. The van der Waals surface area contributed by atoms with Crippen LogP contribution in [0, 0.1) is 0 Å². The van der Waals surface area contributed by atoms with E-state index < -0.39 is 0 Å². The molecule has 0 aliphatic carbocycles. The van der Waals surface area contributed by atoms with Crippen molar-refractivity contribution in [2.45, 2.75) is 25.8 Å². The number of hydrogen-bond donors (Lipinski definition) is 1. The molecule has 2 aliphatic heterocycles. The Bertz CT molecular complexity index is 1020. The Morgan fingerprint density at radius 1 is 1.06 bits per heavy atom. The third kappa shape index (κ3) is 5.34. The zero-order valence-corrected chi connectivity index (χ0v) is 19.1. The quantitative estimate of drug-likeness (QED) is 0.682. The summed E-state index contributed by atoms with van der Waals surface area (Å²) in [5.74, 6) is -0.281. The number of carbonyl (C=O) groups excluding carboxylic acids is 3. The van der Waals surface area contributed by atoms with E-state index in [2.05, 4.69) is 22.0 Å². The molecule has 0 radical (unpaired) electrons. The predicted molar refractivity (Wildman–Crippen MR) is 128 cm³/mol. The Hall–Kier alpha value is -3.39. The Labute approximate surface area is 194 Å². The van der Waals surface area contributed by atoms with Crippen LogP contribution < -0.4 is 15.1 Å². The predicted octanol–water partition coefficient (Wildman–Crippen LogP) is 2.75. The van der Waals surface area contributed by atoms with Crippen molar-refractivity contribution in [2.75, 3.05) is 55.0 Å². The molecule has 1 N–H and O–H groups in total. The number of ether oxygens (including phenoxy) is 1. The van der Waals surface area contributed by atoms with Gasteiger partial charge in [0.05, 0.1) is 19.2 Å². The van der Waals surface area contributed by atoms with Crippen molar-refractivity contribution < 1.29 is 19.1 Å². The number of nitrogens with zero attached hydrogens (tertiary/aromatic N) is 3. The first-order valence-corrected chi connectivity index (χ1v) is 11.3. The van der Waals surface area contributed by atoms with E-state index >= 15 is 0 Å². The molecule has 174 valence electrons. The van der Waals surface area contributed by atoms with Crippen LogP contribution in [0.4, 0.5) is 17.1 Å². The summed E-state index contributed by atoms with van der Waals surface area (Å²) in [6, 6.07) is 15.1. The molecule has 2 fully saturated rings. The molecule has 2 amide bonds. The normalized spacial score (nSPS) is 19.0. The Morgan fingerprint density at radius 2 is 1.85 bits per heavy atom. The van der Waals surface area contributed by atoms with E-state index in [0.29, 0.717) is 24.2 Å². The van der Waals surface area contributed by atoms with Gasteiger partial charge in [-0.1, -0.05) is 6.07 Å². The van der Waals surface area contributed by atoms with Gasteiger partial charge >= 0.3 is 5.97 Å². The maximum absolute atomic E-state index is 12.7. The van der Waals surface area contributed by atoms with Crippen LogP contribution in [0.25, 0.3) is 0 Å². The molecule has 2 heterocycles. The lowest BCUT2D eigenvalue weighted by atomic mass is 10.1. The third-order valence-electron chi connectivity index (χ3n) is 6.28. The maximum Gasteiger partial charge on any atom is 0.337 e. The number of methoxy groups -OCH3 is 1. The SMILES string of the molecule is COC(=O)c1ccc(N2CCN(CC(=O)Nc3cccc(N4CCCC4=O)c3)C(C)C2)cc1. The molecular weight excluding hydrogens is 420 g/mol. The molecule has 0 bridgehead atoms. The Balaban J connectivity index is 1.31. The molecular formula is C25H30N4O4. The molecule has 33 heavy (non-hydrogen) atoms. The van der Waals surface area contributed by atoms with Gasteiger partial charge in [0.1, 0.15) is 0 Å². The van der Waals surface area contributed by atoms with Crippen LogP contribution in [-0.2, 0) is 14.3 Å². The number of nitrogens with one attached hydrogen (secondary N) is 1. The average molecular weight is 451 g/mol. The van der Waals surface area contributed by atoms with Gasteiger partial charge in [-0.3, -0.25) is 14.5 Å². The second-order valence-corrected chi connectivity index (χ2v) is 8.55. The van der Waals surface area contributed by atoms with Gasteiger partial charge < -0.3 is 19.9 Å². The molecule has 1 unspecified atom stereocenters. The zero-order chi connectivity index (χ0) is 23.4. The molecule has 2 aliphatic rings. The smallest absolute Gasteiger partial charge is 0.337 e. The van der Waals surface area contributed by atoms with E-state index in [9.17, 15) is 14.4 Å². The topological polar surface area (TPSA) is 82.2 Å². The highest BCUT2D eigenvalue weighted by molar-refractivity contribution is 5.97. The first-order chi connectivity index (χ1) is 15.9. The molecule has 4 rings (SSSR count). The van der Waals surface area contributed by atoms with Gasteiger partial charge in [-0.05, 0) is 55.8 Å². The van der Waals surface area contributed by atoms with Crippen molar-refractivity contribution in [2.24, 2.45) is 0 Å². The summed E-state index contributed by atoms with van der Waals surface area (Å²) in [5.41, 5.74) is 3.11. The number of amides is 2. The number of benzene rings is 2. The Kier molecular flexibility index (Phi) is 6.93. The van der Waals surface area contributed by atoms with Gasteiger partial charge in [-0.25, -0.2) is 4.79 Å². The summed E-state index contributed by atoms with van der Waals surface area (Å²) in [4.78, 5) is 42.6. The largest absolute Gasteiger partial charge is 0.465 e. The maximum atomic E-state index is 12.7. The zero-order valence-electron chi connectivity index (χ0n) is 19.1. The minimum absolute atomic E-state index is 0.0670. The number of rotatable bonds is 6. The van der Waals surface area contributed by atoms with Crippen molar-refractivity contribution in [3.8, 4) is 0 Å². The molecule has 0 saturated carbocycles. The Morgan fingerprint density at radius 3 is 2.52 bits per heavy atom. The molecule has 8 heteroatoms. The van der Waals surface area contributed by atoms with Crippen LogP contribution in [-0.4, -0.2) is 68.6 Å². The highest BCUT2D eigenvalue weighted by Gasteiger charge is 2.26. The van der Waals surface area contributed by atoms with E-state index in [1.165, 1.54) is 7.11 Å². The van der Waals surface area contributed by atoms with Crippen LogP contribution in [0.2, 0.25) is 0 Å². The molecule has 0 aromatic heterocycles. The highest BCUT2D eigenvalue weighted by Crippen LogP contribution is 2.24. The molecule has 2 aromatic carbocycles. The number of anilines is 3. The molecule has 2 saturated heterocycles. The summed E-state index contributed by atoms with van der Waals surface area (Å²) in [5, 5.41) is 2.98. The minimum atomic E-state index is -0.344. The van der Waals surface area contributed by atoms with Crippen molar-refractivity contribution in [1.29, 1.82) is 0 Å². The van der Waals surface area contributed by atoms with Crippen molar-refractivity contribution >= 4 is 34.8 Å². The highest BCUT2D eigenvalue weighted by atomic mass is 16.5. The van der Waals surface area contributed by atoms with Gasteiger partial charge in [0, 0.05) is 55.7 Å². The second kappa shape index (κ2) is 10.0. The summed E-state index contributed by atoms with van der Waals surface area (Å²) in [6.45, 7) is 5.49. The molecule has 2 aromatic rings. The van der Waals surface area contributed by atoms with Gasteiger partial charge in [0.15, 0.2) is 0 Å². The summed E-state index contributed by atoms with van der Waals surface area (Å²) in [6.07, 6.45) is 1.45. The number of hydrogen-bond acceptors (Lipinski definition) is 6. The fraction of sp³-hybridized carbons (Fsp3) is 0.400. The minimum Gasteiger partial charge on any atom is -0.465 e. The lowest BCUT2D eigenvalue weighted by Crippen LogP contribution is -2.53.